The van der Waals surface area contributed by atoms with Crippen LogP contribution in [-0.4, -0.2) is 22.2 Å². The summed E-state index contributed by atoms with van der Waals surface area (Å²) in [5.74, 6) is 0.334. The zero-order valence-corrected chi connectivity index (χ0v) is 16.2. The summed E-state index contributed by atoms with van der Waals surface area (Å²) >= 11 is 6.02. The molecule has 0 spiro atoms. The average molecular weight is 396 g/mol. The highest BCUT2D eigenvalue weighted by Crippen LogP contribution is 2.35. The van der Waals surface area contributed by atoms with E-state index in [1.54, 1.807) is 23.9 Å². The number of nitrogens with zero attached hydrogens (tertiary/aromatic N) is 3. The first-order valence-electron chi connectivity index (χ1n) is 8.87. The van der Waals surface area contributed by atoms with Gasteiger partial charge in [-0.15, -0.1) is 0 Å². The maximum absolute atomic E-state index is 12.7. The lowest BCUT2D eigenvalue weighted by atomic mass is 10.1. The normalized spacial score (nSPS) is 15.7. The van der Waals surface area contributed by atoms with Crippen LogP contribution in [0.2, 0.25) is 5.15 Å². The largest absolute Gasteiger partial charge is 0.486 e. The summed E-state index contributed by atoms with van der Waals surface area (Å²) in [4.78, 5) is 16.6. The molecule has 2 N–H and O–H groups in total. The van der Waals surface area contributed by atoms with Crippen LogP contribution in [0.1, 0.15) is 18.9 Å². The van der Waals surface area contributed by atoms with Gasteiger partial charge in [-0.1, -0.05) is 11.6 Å². The Kier molecular flexibility index (Phi) is 4.57. The molecular formula is C20H18ClN5O2. The van der Waals surface area contributed by atoms with Crippen LogP contribution in [0.5, 0.6) is 5.75 Å². The lowest BCUT2D eigenvalue weighted by Crippen LogP contribution is -2.21. The number of hydrogen-bond donors (Lipinski definition) is 2. The third kappa shape index (κ3) is 3.02. The first kappa shape index (κ1) is 18.1. The van der Waals surface area contributed by atoms with Gasteiger partial charge in [-0.05, 0) is 31.2 Å². The molecule has 142 valence electrons. The highest BCUT2D eigenvalue weighted by Gasteiger charge is 2.21. The number of pyridine rings is 2. The SMILES string of the molecule is C[C@@H]1CCOc2c(c3cc(Nc4ccnc(Cl)c4C#N)ccc3n(C)c2=O)N1. The number of fused-ring (bicyclic) bond motifs is 3. The van der Waals surface area contributed by atoms with Crippen LogP contribution in [-0.2, 0) is 7.05 Å². The molecule has 8 heteroatoms. The van der Waals surface area contributed by atoms with E-state index < -0.39 is 0 Å². The summed E-state index contributed by atoms with van der Waals surface area (Å²) in [6.07, 6.45) is 2.34. The molecule has 1 aromatic carbocycles. The molecule has 2 aromatic heterocycles. The molecule has 0 amide bonds. The van der Waals surface area contributed by atoms with Crippen LogP contribution in [0, 0.1) is 11.3 Å². The summed E-state index contributed by atoms with van der Waals surface area (Å²) < 4.78 is 7.35. The minimum atomic E-state index is -0.169. The maximum Gasteiger partial charge on any atom is 0.295 e. The number of aryl methyl sites for hydroxylation is 1. The van der Waals surface area contributed by atoms with Crippen molar-refractivity contribution in [3.8, 4) is 11.8 Å². The molecule has 3 aromatic rings. The predicted molar refractivity (Wildman–Crippen MR) is 110 cm³/mol. The van der Waals surface area contributed by atoms with Gasteiger partial charge in [0.1, 0.15) is 16.8 Å². The Hall–Kier alpha value is -3.24. The molecule has 0 fully saturated rings. The fraction of sp³-hybridized carbons (Fsp3) is 0.250. The molecule has 4 rings (SSSR count). The van der Waals surface area contributed by atoms with Crippen molar-refractivity contribution in [2.24, 2.45) is 7.05 Å². The Morgan fingerprint density at radius 2 is 2.25 bits per heavy atom. The van der Waals surface area contributed by atoms with Gasteiger partial charge in [0.05, 0.1) is 23.5 Å². The monoisotopic (exact) mass is 395 g/mol. The van der Waals surface area contributed by atoms with Gasteiger partial charge in [0.15, 0.2) is 0 Å². The molecule has 0 radical (unpaired) electrons. The van der Waals surface area contributed by atoms with Gasteiger partial charge in [0.2, 0.25) is 5.75 Å². The number of benzene rings is 1. The van der Waals surface area contributed by atoms with E-state index in [1.807, 2.05) is 18.2 Å². The van der Waals surface area contributed by atoms with Crippen molar-refractivity contribution < 1.29 is 4.74 Å². The van der Waals surface area contributed by atoms with Gasteiger partial charge in [-0.3, -0.25) is 4.79 Å². The zero-order valence-electron chi connectivity index (χ0n) is 15.4. The number of rotatable bonds is 2. The molecule has 28 heavy (non-hydrogen) atoms. The fourth-order valence-corrected chi connectivity index (χ4v) is 3.53. The van der Waals surface area contributed by atoms with Crippen LogP contribution >= 0.6 is 11.6 Å². The van der Waals surface area contributed by atoms with Crippen molar-refractivity contribution in [3.63, 3.8) is 0 Å². The van der Waals surface area contributed by atoms with Crippen molar-refractivity contribution in [1.82, 2.24) is 9.55 Å². The second kappa shape index (κ2) is 7.06. The van der Waals surface area contributed by atoms with Crippen LogP contribution in [0.3, 0.4) is 0 Å². The third-order valence-corrected chi connectivity index (χ3v) is 5.12. The summed E-state index contributed by atoms with van der Waals surface area (Å²) in [5.41, 5.74) is 2.91. The molecule has 0 saturated heterocycles. The van der Waals surface area contributed by atoms with Crippen molar-refractivity contribution in [2.75, 3.05) is 17.2 Å². The third-order valence-electron chi connectivity index (χ3n) is 4.84. The topological polar surface area (TPSA) is 92.0 Å². The molecule has 0 bridgehead atoms. The minimum Gasteiger partial charge on any atom is -0.486 e. The Morgan fingerprint density at radius 3 is 3.04 bits per heavy atom. The van der Waals surface area contributed by atoms with Gasteiger partial charge in [0.25, 0.3) is 5.56 Å². The maximum atomic E-state index is 12.7. The number of hydrogen-bond acceptors (Lipinski definition) is 6. The van der Waals surface area contributed by atoms with Gasteiger partial charge < -0.3 is 19.9 Å². The van der Waals surface area contributed by atoms with Crippen molar-refractivity contribution in [1.29, 1.82) is 5.26 Å². The van der Waals surface area contributed by atoms with Crippen molar-refractivity contribution >= 4 is 39.6 Å². The Balaban J connectivity index is 1.88. The van der Waals surface area contributed by atoms with E-state index in [9.17, 15) is 10.1 Å². The number of nitrogens with one attached hydrogen (secondary N) is 2. The number of halogens is 1. The Morgan fingerprint density at radius 1 is 1.43 bits per heavy atom. The van der Waals surface area contributed by atoms with Crippen LogP contribution < -0.4 is 20.9 Å². The van der Waals surface area contributed by atoms with Gasteiger partial charge in [-0.2, -0.15) is 5.26 Å². The molecule has 0 saturated carbocycles. The lowest BCUT2D eigenvalue weighted by Gasteiger charge is -2.17. The number of nitriles is 1. The van der Waals surface area contributed by atoms with Crippen LogP contribution in [0.4, 0.5) is 17.1 Å². The minimum absolute atomic E-state index is 0.147. The summed E-state index contributed by atoms with van der Waals surface area (Å²) in [5, 5.41) is 17.0. The first-order valence-corrected chi connectivity index (χ1v) is 9.25. The van der Waals surface area contributed by atoms with E-state index in [2.05, 4.69) is 28.6 Å². The molecule has 1 aliphatic heterocycles. The number of aromatic nitrogens is 2. The first-order chi connectivity index (χ1) is 13.5. The summed E-state index contributed by atoms with van der Waals surface area (Å²) in [6, 6.07) is 9.59. The standard InChI is InChI=1S/C20H18ClN5O2/c1-11-6-8-28-18-17(24-11)13-9-12(3-4-16(13)26(2)20(18)27)25-15-5-7-23-19(21)14(15)10-22/h3-5,7,9,11,24H,6,8H2,1-2H3,(H,23,25)/t11-/m1/s1. The van der Waals surface area contributed by atoms with E-state index in [1.165, 1.54) is 0 Å². The summed E-state index contributed by atoms with van der Waals surface area (Å²) in [6.45, 7) is 2.54. The average Bonchev–Trinajstić information content (AvgIpc) is 2.88. The van der Waals surface area contributed by atoms with Gasteiger partial charge in [-0.25, -0.2) is 4.98 Å². The second-order valence-electron chi connectivity index (χ2n) is 6.74. The molecule has 1 atom stereocenters. The highest BCUT2D eigenvalue weighted by molar-refractivity contribution is 6.31. The lowest BCUT2D eigenvalue weighted by molar-refractivity contribution is 0.309. The zero-order chi connectivity index (χ0) is 19.8. The van der Waals surface area contributed by atoms with E-state index in [0.717, 1.165) is 23.0 Å². The number of ether oxygens (including phenoxy) is 1. The van der Waals surface area contributed by atoms with E-state index in [-0.39, 0.29) is 22.3 Å². The van der Waals surface area contributed by atoms with Crippen molar-refractivity contribution in [3.05, 3.63) is 51.5 Å². The van der Waals surface area contributed by atoms with Crippen molar-refractivity contribution in [2.45, 2.75) is 19.4 Å². The Labute approximate surface area is 166 Å². The van der Waals surface area contributed by atoms with Gasteiger partial charge in [0, 0.05) is 36.8 Å². The highest BCUT2D eigenvalue weighted by atomic mass is 35.5. The molecule has 1 aliphatic rings. The molecular weight excluding hydrogens is 378 g/mol. The van der Waals surface area contributed by atoms with Gasteiger partial charge >= 0.3 is 0 Å². The van der Waals surface area contributed by atoms with E-state index in [4.69, 9.17) is 16.3 Å². The molecule has 0 aliphatic carbocycles. The van der Waals surface area contributed by atoms with Crippen LogP contribution in [0.15, 0.2) is 35.3 Å². The Bertz CT molecular complexity index is 1180. The number of anilines is 3. The summed E-state index contributed by atoms with van der Waals surface area (Å²) in [7, 11) is 1.73. The molecule has 3 heterocycles. The fourth-order valence-electron chi connectivity index (χ4n) is 3.33. The quantitative estimate of drug-likeness (QED) is 0.641. The van der Waals surface area contributed by atoms with E-state index >= 15 is 0 Å². The molecule has 0 unspecified atom stereocenters. The predicted octanol–water partition coefficient (Wildman–Crippen LogP) is 3.79. The second-order valence-corrected chi connectivity index (χ2v) is 7.10. The smallest absolute Gasteiger partial charge is 0.295 e. The van der Waals surface area contributed by atoms with E-state index in [0.29, 0.717) is 23.7 Å². The van der Waals surface area contributed by atoms with Crippen LogP contribution in [0.25, 0.3) is 10.9 Å². The molecule has 7 nitrogen and oxygen atoms in total.